The number of carbonyl (C=O) groups is 1. The standard InChI is InChI=1S/C19H17N3O3/c1-24-16-9-7-12(8-10-16)17-21-19(25-22-17)14-3-2-4-15(11-14)20-18(23)13-5-6-13/h2-4,7-11,13H,5-6H2,1H3,(H,20,23). The molecule has 6 nitrogen and oxygen atoms in total. The van der Waals surface area contributed by atoms with Gasteiger partial charge in [-0.15, -0.1) is 0 Å². The summed E-state index contributed by atoms with van der Waals surface area (Å²) in [7, 11) is 1.62. The number of nitrogens with one attached hydrogen (secondary N) is 1. The second-order valence-corrected chi connectivity index (χ2v) is 6.00. The smallest absolute Gasteiger partial charge is 0.258 e. The Kier molecular flexibility index (Phi) is 3.93. The molecule has 25 heavy (non-hydrogen) atoms. The molecule has 0 saturated heterocycles. The van der Waals surface area contributed by atoms with E-state index in [2.05, 4.69) is 15.5 Å². The maximum atomic E-state index is 11.9. The highest BCUT2D eigenvalue weighted by Gasteiger charge is 2.29. The first-order valence-corrected chi connectivity index (χ1v) is 8.12. The lowest BCUT2D eigenvalue weighted by molar-refractivity contribution is -0.117. The Bertz CT molecular complexity index is 898. The monoisotopic (exact) mass is 335 g/mol. The number of aromatic nitrogens is 2. The van der Waals surface area contributed by atoms with Crippen LogP contribution in [0, 0.1) is 5.92 Å². The fraction of sp³-hybridized carbons (Fsp3) is 0.211. The molecule has 0 bridgehead atoms. The van der Waals surface area contributed by atoms with E-state index in [1.54, 1.807) is 7.11 Å². The molecule has 0 atom stereocenters. The summed E-state index contributed by atoms with van der Waals surface area (Å²) in [4.78, 5) is 16.3. The van der Waals surface area contributed by atoms with Crippen molar-refractivity contribution in [3.8, 4) is 28.6 Å². The van der Waals surface area contributed by atoms with Crippen molar-refractivity contribution in [1.82, 2.24) is 10.1 Å². The average Bonchev–Trinajstić information content (AvgIpc) is 3.39. The molecule has 126 valence electrons. The van der Waals surface area contributed by atoms with Gasteiger partial charge in [-0.05, 0) is 55.3 Å². The minimum Gasteiger partial charge on any atom is -0.497 e. The summed E-state index contributed by atoms with van der Waals surface area (Å²) in [6, 6.07) is 14.9. The van der Waals surface area contributed by atoms with E-state index in [9.17, 15) is 4.79 Å². The number of benzene rings is 2. The van der Waals surface area contributed by atoms with Crippen LogP contribution in [0.5, 0.6) is 5.75 Å². The lowest BCUT2D eigenvalue weighted by Crippen LogP contribution is -2.13. The van der Waals surface area contributed by atoms with Crippen LogP contribution in [0.2, 0.25) is 0 Å². The van der Waals surface area contributed by atoms with Crippen molar-refractivity contribution in [1.29, 1.82) is 0 Å². The third-order valence-electron chi connectivity index (χ3n) is 4.10. The zero-order chi connectivity index (χ0) is 17.2. The van der Waals surface area contributed by atoms with Crippen molar-refractivity contribution in [3.05, 3.63) is 48.5 Å². The van der Waals surface area contributed by atoms with Crippen molar-refractivity contribution in [3.63, 3.8) is 0 Å². The number of hydrogen-bond donors (Lipinski definition) is 1. The van der Waals surface area contributed by atoms with Crippen LogP contribution < -0.4 is 10.1 Å². The van der Waals surface area contributed by atoms with E-state index in [0.717, 1.165) is 35.4 Å². The van der Waals surface area contributed by atoms with Crippen LogP contribution in [0.25, 0.3) is 22.8 Å². The van der Waals surface area contributed by atoms with Crippen LogP contribution in [0.3, 0.4) is 0 Å². The first-order valence-electron chi connectivity index (χ1n) is 8.12. The molecule has 3 aromatic rings. The van der Waals surface area contributed by atoms with Gasteiger partial charge in [0, 0.05) is 22.7 Å². The number of hydrogen-bond acceptors (Lipinski definition) is 5. The molecule has 2 aromatic carbocycles. The number of anilines is 1. The molecule has 0 radical (unpaired) electrons. The van der Waals surface area contributed by atoms with Crippen LogP contribution in [0.4, 0.5) is 5.69 Å². The largest absolute Gasteiger partial charge is 0.497 e. The molecule has 1 heterocycles. The van der Waals surface area contributed by atoms with Crippen molar-refractivity contribution in [2.45, 2.75) is 12.8 Å². The van der Waals surface area contributed by atoms with E-state index in [-0.39, 0.29) is 11.8 Å². The van der Waals surface area contributed by atoms with Gasteiger partial charge < -0.3 is 14.6 Å². The first kappa shape index (κ1) is 15.4. The molecule has 1 aliphatic rings. The number of ether oxygens (including phenoxy) is 1. The summed E-state index contributed by atoms with van der Waals surface area (Å²) in [6.07, 6.45) is 1.95. The highest BCUT2D eigenvalue weighted by Crippen LogP contribution is 2.31. The fourth-order valence-corrected chi connectivity index (χ4v) is 2.52. The SMILES string of the molecule is COc1ccc(-c2noc(-c3cccc(NC(=O)C4CC4)c3)n2)cc1. The Labute approximate surface area is 144 Å². The highest BCUT2D eigenvalue weighted by atomic mass is 16.5. The maximum Gasteiger partial charge on any atom is 0.258 e. The van der Waals surface area contributed by atoms with Crippen LogP contribution in [-0.2, 0) is 4.79 Å². The third-order valence-corrected chi connectivity index (χ3v) is 4.10. The van der Waals surface area contributed by atoms with E-state index in [0.29, 0.717) is 11.7 Å². The Morgan fingerprint density at radius 2 is 1.96 bits per heavy atom. The second kappa shape index (κ2) is 6.39. The van der Waals surface area contributed by atoms with Crippen LogP contribution in [0.1, 0.15) is 12.8 Å². The number of amides is 1. The topological polar surface area (TPSA) is 77.3 Å². The first-order chi connectivity index (χ1) is 12.2. The van der Waals surface area contributed by atoms with Gasteiger partial charge in [0.15, 0.2) is 0 Å². The van der Waals surface area contributed by atoms with Gasteiger partial charge in [-0.25, -0.2) is 0 Å². The van der Waals surface area contributed by atoms with Gasteiger partial charge >= 0.3 is 0 Å². The molecule has 1 amide bonds. The third kappa shape index (κ3) is 3.38. The summed E-state index contributed by atoms with van der Waals surface area (Å²) in [5.74, 6) is 1.92. The van der Waals surface area contributed by atoms with Crippen LogP contribution in [0.15, 0.2) is 53.1 Å². The molecule has 0 spiro atoms. The van der Waals surface area contributed by atoms with Crippen molar-refractivity contribution < 1.29 is 14.1 Å². The molecule has 1 N–H and O–H groups in total. The van der Waals surface area contributed by atoms with Gasteiger partial charge in [-0.1, -0.05) is 11.2 Å². The van der Waals surface area contributed by atoms with Crippen LogP contribution in [-0.4, -0.2) is 23.2 Å². The molecule has 1 aromatic heterocycles. The molecular weight excluding hydrogens is 318 g/mol. The maximum absolute atomic E-state index is 11.9. The number of methoxy groups -OCH3 is 1. The molecule has 0 aliphatic heterocycles. The van der Waals surface area contributed by atoms with E-state index in [4.69, 9.17) is 9.26 Å². The summed E-state index contributed by atoms with van der Waals surface area (Å²) in [5, 5.41) is 6.96. The van der Waals surface area contributed by atoms with E-state index in [1.807, 2.05) is 48.5 Å². The van der Waals surface area contributed by atoms with Crippen molar-refractivity contribution in [2.24, 2.45) is 5.92 Å². The molecule has 1 aliphatic carbocycles. The Morgan fingerprint density at radius 3 is 2.68 bits per heavy atom. The van der Waals surface area contributed by atoms with Crippen LogP contribution >= 0.6 is 0 Å². The molecule has 6 heteroatoms. The highest BCUT2D eigenvalue weighted by molar-refractivity contribution is 5.94. The summed E-state index contributed by atoms with van der Waals surface area (Å²) in [6.45, 7) is 0. The van der Waals surface area contributed by atoms with Gasteiger partial charge in [0.2, 0.25) is 11.7 Å². The Hall–Kier alpha value is -3.15. The Morgan fingerprint density at radius 1 is 1.16 bits per heavy atom. The summed E-state index contributed by atoms with van der Waals surface area (Å²) < 4.78 is 10.5. The predicted molar refractivity (Wildman–Crippen MR) is 93.1 cm³/mol. The van der Waals surface area contributed by atoms with Gasteiger partial charge in [-0.2, -0.15) is 4.98 Å². The normalized spacial score (nSPS) is 13.5. The molecule has 4 rings (SSSR count). The van der Waals surface area contributed by atoms with Crippen molar-refractivity contribution >= 4 is 11.6 Å². The lowest BCUT2D eigenvalue weighted by atomic mass is 10.2. The zero-order valence-corrected chi connectivity index (χ0v) is 13.7. The lowest BCUT2D eigenvalue weighted by Gasteiger charge is -2.04. The van der Waals surface area contributed by atoms with E-state index in [1.165, 1.54) is 0 Å². The zero-order valence-electron chi connectivity index (χ0n) is 13.7. The number of rotatable bonds is 5. The molecule has 1 saturated carbocycles. The molecule has 1 fully saturated rings. The second-order valence-electron chi connectivity index (χ2n) is 6.00. The molecular formula is C19H17N3O3. The summed E-state index contributed by atoms with van der Waals surface area (Å²) in [5.41, 5.74) is 2.34. The number of nitrogens with zero attached hydrogens (tertiary/aromatic N) is 2. The summed E-state index contributed by atoms with van der Waals surface area (Å²) >= 11 is 0. The van der Waals surface area contributed by atoms with Gasteiger partial charge in [0.05, 0.1) is 7.11 Å². The predicted octanol–water partition coefficient (Wildman–Crippen LogP) is 3.76. The minimum atomic E-state index is 0.0709. The number of carbonyl (C=O) groups excluding carboxylic acids is 1. The van der Waals surface area contributed by atoms with Crippen molar-refractivity contribution in [2.75, 3.05) is 12.4 Å². The van der Waals surface area contributed by atoms with E-state index < -0.39 is 0 Å². The molecule has 0 unspecified atom stereocenters. The van der Waals surface area contributed by atoms with Gasteiger partial charge in [0.1, 0.15) is 5.75 Å². The van der Waals surface area contributed by atoms with Gasteiger partial charge in [0.25, 0.3) is 5.89 Å². The minimum absolute atomic E-state index is 0.0709. The average molecular weight is 335 g/mol. The fourth-order valence-electron chi connectivity index (χ4n) is 2.52. The van der Waals surface area contributed by atoms with Gasteiger partial charge in [-0.3, -0.25) is 4.79 Å². The quantitative estimate of drug-likeness (QED) is 0.768. The Balaban J connectivity index is 1.55. The van der Waals surface area contributed by atoms with E-state index >= 15 is 0 Å².